The van der Waals surface area contributed by atoms with Gasteiger partial charge in [-0.15, -0.1) is 0 Å². The molecule has 0 bridgehead atoms. The van der Waals surface area contributed by atoms with Gasteiger partial charge in [-0.05, 0) is 6.92 Å². The Morgan fingerprint density at radius 2 is 2.11 bits per heavy atom. The minimum atomic E-state index is -1.33. The van der Waals surface area contributed by atoms with Crippen molar-refractivity contribution in [1.29, 1.82) is 0 Å². The number of rotatable bonds is 5. The highest BCUT2D eigenvalue weighted by Crippen LogP contribution is 2.35. The molecule has 0 aliphatic carbocycles. The number of carbonyl (C=O) groups excluding carboxylic acids is 1. The van der Waals surface area contributed by atoms with Crippen LogP contribution in [0, 0.1) is 6.92 Å². The molecular weight excluding hydrogens is 356 g/mol. The Kier molecular flexibility index (Phi) is 5.11. The van der Waals surface area contributed by atoms with Crippen molar-refractivity contribution in [2.24, 2.45) is 10.7 Å². The number of aliphatic hydroxyl groups is 3. The largest absolute Gasteiger partial charge is 0.394 e. The topological polar surface area (TPSA) is 159 Å². The quantitative estimate of drug-likeness (QED) is 0.368. The molecule has 1 aliphatic rings. The highest BCUT2D eigenvalue weighted by atomic mass is 16.6. The molecule has 0 saturated carbocycles. The van der Waals surface area contributed by atoms with Crippen LogP contribution >= 0.6 is 0 Å². The molecule has 27 heavy (non-hydrogen) atoms. The van der Waals surface area contributed by atoms with E-state index in [1.807, 2.05) is 0 Å². The van der Waals surface area contributed by atoms with Gasteiger partial charge in [-0.2, -0.15) is 0 Å². The Bertz CT molecular complexity index is 895. The van der Waals surface area contributed by atoms with Crippen LogP contribution in [0.1, 0.15) is 22.4 Å². The van der Waals surface area contributed by atoms with Crippen molar-refractivity contribution in [1.82, 2.24) is 19.4 Å². The van der Waals surface area contributed by atoms with E-state index in [4.69, 9.17) is 10.5 Å². The van der Waals surface area contributed by atoms with Gasteiger partial charge in [0.2, 0.25) is 0 Å². The number of primary amides is 1. The molecule has 146 valence electrons. The van der Waals surface area contributed by atoms with E-state index in [9.17, 15) is 20.1 Å². The fourth-order valence-corrected chi connectivity index (χ4v) is 2.99. The molecule has 1 saturated heterocycles. The van der Waals surface area contributed by atoms with Gasteiger partial charge in [0, 0.05) is 20.3 Å². The van der Waals surface area contributed by atoms with E-state index in [2.05, 4.69) is 15.0 Å². The van der Waals surface area contributed by atoms with Crippen molar-refractivity contribution < 1.29 is 24.9 Å². The lowest BCUT2D eigenvalue weighted by Crippen LogP contribution is -2.33. The smallest absolute Gasteiger partial charge is 0.251 e. The van der Waals surface area contributed by atoms with Crippen LogP contribution in [0.5, 0.6) is 0 Å². The van der Waals surface area contributed by atoms with E-state index in [0.29, 0.717) is 11.2 Å². The van der Waals surface area contributed by atoms with Crippen LogP contribution in [0.25, 0.3) is 11.0 Å². The lowest BCUT2D eigenvalue weighted by Gasteiger charge is -2.17. The molecule has 1 fully saturated rings. The number of ether oxygens (including phenoxy) is 1. The molecule has 3 heterocycles. The number of fused-ring (bicyclic) bond motifs is 1. The Morgan fingerprint density at radius 3 is 2.67 bits per heavy atom. The fraction of sp³-hybridized carbons (Fsp3) is 0.500. The third-order valence-corrected chi connectivity index (χ3v) is 4.23. The van der Waals surface area contributed by atoms with E-state index in [1.165, 1.54) is 17.1 Å². The van der Waals surface area contributed by atoms with E-state index in [1.54, 1.807) is 25.9 Å². The third kappa shape index (κ3) is 3.37. The molecule has 0 radical (unpaired) electrons. The average molecular weight is 378 g/mol. The van der Waals surface area contributed by atoms with E-state index in [0.717, 1.165) is 0 Å². The summed E-state index contributed by atoms with van der Waals surface area (Å²) in [6, 6.07) is 0. The van der Waals surface area contributed by atoms with Crippen LogP contribution in [-0.2, 0) is 4.74 Å². The number of aromatic nitrogens is 3. The molecule has 5 N–H and O–H groups in total. The zero-order valence-electron chi connectivity index (χ0n) is 15.1. The first-order valence-electron chi connectivity index (χ1n) is 8.26. The van der Waals surface area contributed by atoms with Crippen LogP contribution in [0.4, 0.5) is 5.82 Å². The van der Waals surface area contributed by atoms with Gasteiger partial charge in [0.05, 0.1) is 23.9 Å². The van der Waals surface area contributed by atoms with Crippen LogP contribution in [-0.4, -0.2) is 86.0 Å². The van der Waals surface area contributed by atoms with Crippen molar-refractivity contribution >= 4 is 29.1 Å². The molecular formula is C16H22N6O5. The summed E-state index contributed by atoms with van der Waals surface area (Å²) < 4.78 is 6.96. The summed E-state index contributed by atoms with van der Waals surface area (Å²) >= 11 is 0. The van der Waals surface area contributed by atoms with E-state index >= 15 is 0 Å². The summed E-state index contributed by atoms with van der Waals surface area (Å²) in [5, 5.41) is 30.0. The molecule has 1 aliphatic heterocycles. The van der Waals surface area contributed by atoms with Gasteiger partial charge < -0.3 is 35.3 Å². The van der Waals surface area contributed by atoms with Crippen LogP contribution in [0.2, 0.25) is 0 Å². The number of amides is 1. The lowest BCUT2D eigenvalue weighted by molar-refractivity contribution is -0.0509. The number of nitrogens with zero attached hydrogens (tertiary/aromatic N) is 5. The minimum Gasteiger partial charge on any atom is -0.394 e. The molecule has 0 spiro atoms. The van der Waals surface area contributed by atoms with Gasteiger partial charge in [0.1, 0.15) is 29.8 Å². The predicted octanol–water partition coefficient (Wildman–Crippen LogP) is -1.33. The molecule has 11 nitrogen and oxygen atoms in total. The minimum absolute atomic E-state index is 0.105. The summed E-state index contributed by atoms with van der Waals surface area (Å²) in [6.45, 7) is 1.19. The zero-order valence-corrected chi connectivity index (χ0v) is 15.1. The Balaban J connectivity index is 2.22. The Hall–Kier alpha value is -2.60. The molecule has 3 rings (SSSR count). The van der Waals surface area contributed by atoms with Crippen molar-refractivity contribution in [3.63, 3.8) is 0 Å². The summed E-state index contributed by atoms with van der Waals surface area (Å²) in [4.78, 5) is 26.6. The maximum absolute atomic E-state index is 12.0. The van der Waals surface area contributed by atoms with Gasteiger partial charge >= 0.3 is 0 Å². The van der Waals surface area contributed by atoms with Crippen LogP contribution in [0.3, 0.4) is 0 Å². The summed E-state index contributed by atoms with van der Waals surface area (Å²) in [5.41, 5.74) is 5.89. The van der Waals surface area contributed by atoms with Crippen molar-refractivity contribution in [3.05, 3.63) is 17.6 Å². The van der Waals surface area contributed by atoms with E-state index in [-0.39, 0.29) is 17.0 Å². The number of aryl methyl sites for hydroxylation is 1. The highest BCUT2D eigenvalue weighted by Gasteiger charge is 2.44. The normalized spacial score (nSPS) is 25.6. The van der Waals surface area contributed by atoms with Gasteiger partial charge in [-0.3, -0.25) is 4.79 Å². The number of aliphatic imine (C=N–C) groups is 1. The van der Waals surface area contributed by atoms with Gasteiger partial charge in [-0.1, -0.05) is 0 Å². The number of hydrogen-bond acceptors (Lipinski definition) is 8. The van der Waals surface area contributed by atoms with Gasteiger partial charge in [0.25, 0.3) is 5.91 Å². The Morgan fingerprint density at radius 1 is 1.41 bits per heavy atom. The highest BCUT2D eigenvalue weighted by molar-refractivity contribution is 6.09. The second-order valence-electron chi connectivity index (χ2n) is 6.54. The molecule has 2 aromatic rings. The number of hydrogen-bond donors (Lipinski definition) is 4. The molecule has 0 aromatic carbocycles. The first kappa shape index (κ1) is 19.2. The number of nitrogens with two attached hydrogens (primary N) is 1. The predicted molar refractivity (Wildman–Crippen MR) is 95.6 cm³/mol. The fourth-order valence-electron chi connectivity index (χ4n) is 2.99. The van der Waals surface area contributed by atoms with Crippen LogP contribution < -0.4 is 5.73 Å². The third-order valence-electron chi connectivity index (χ3n) is 4.23. The second kappa shape index (κ2) is 7.19. The van der Waals surface area contributed by atoms with Crippen molar-refractivity contribution in [2.75, 3.05) is 20.7 Å². The maximum Gasteiger partial charge on any atom is 0.251 e. The number of aliphatic hydroxyl groups excluding tert-OH is 3. The lowest BCUT2D eigenvalue weighted by atomic mass is 10.1. The SMILES string of the molecule is Cc1nc(/N=C/N(C)C)c2c(C(N)=O)cn([C@@H]3O[C@H](CO)[C@@H](O)[C@H]3O)c2n1. The van der Waals surface area contributed by atoms with E-state index < -0.39 is 37.1 Å². The van der Waals surface area contributed by atoms with Crippen molar-refractivity contribution in [2.45, 2.75) is 31.5 Å². The standard InChI is InChI=1S/C16H22N6O5/c1-7-19-14(18-6-21(2)3)10-8(13(17)26)4-22(15(10)20-7)16-12(25)11(24)9(5-23)27-16/h4,6,9,11-12,16,23-25H,5H2,1-3H3,(H2,17,26)/b18-6+/t9-,11-,12-,16-/m1/s1. The summed E-state index contributed by atoms with van der Waals surface area (Å²) in [6.07, 6.45) is -1.74. The average Bonchev–Trinajstić information content (AvgIpc) is 3.11. The van der Waals surface area contributed by atoms with Crippen LogP contribution in [0.15, 0.2) is 11.2 Å². The van der Waals surface area contributed by atoms with Gasteiger partial charge in [0.15, 0.2) is 12.0 Å². The number of carbonyl (C=O) groups is 1. The van der Waals surface area contributed by atoms with Gasteiger partial charge in [-0.25, -0.2) is 15.0 Å². The zero-order chi connectivity index (χ0) is 19.9. The Labute approximate surface area is 154 Å². The molecule has 1 amide bonds. The summed E-state index contributed by atoms with van der Waals surface area (Å²) in [5.74, 6) is -0.0970. The first-order chi connectivity index (χ1) is 12.7. The first-order valence-corrected chi connectivity index (χ1v) is 8.26. The monoisotopic (exact) mass is 378 g/mol. The molecule has 4 atom stereocenters. The molecule has 2 aromatic heterocycles. The summed E-state index contributed by atoms with van der Waals surface area (Å²) in [7, 11) is 3.57. The molecule has 0 unspecified atom stereocenters. The molecule has 11 heteroatoms. The van der Waals surface area contributed by atoms with Crippen molar-refractivity contribution in [3.8, 4) is 0 Å². The maximum atomic E-state index is 12.0. The second-order valence-corrected chi connectivity index (χ2v) is 6.54.